The zero-order chi connectivity index (χ0) is 21.1. The van der Waals surface area contributed by atoms with Gasteiger partial charge in [-0.3, -0.25) is 4.79 Å². The Morgan fingerprint density at radius 2 is 2.03 bits per heavy atom. The minimum absolute atomic E-state index is 0.00110. The Morgan fingerprint density at radius 1 is 1.23 bits per heavy atom. The third-order valence-electron chi connectivity index (χ3n) is 5.84. The molecule has 0 saturated heterocycles. The number of carbonyl (C=O) groups excluding carboxylic acids is 1. The van der Waals surface area contributed by atoms with Gasteiger partial charge in [0.2, 0.25) is 0 Å². The van der Waals surface area contributed by atoms with E-state index in [0.29, 0.717) is 35.5 Å². The lowest BCUT2D eigenvalue weighted by atomic mass is 10.1. The summed E-state index contributed by atoms with van der Waals surface area (Å²) in [4.78, 5) is 20.1. The number of aromatic nitrogens is 2. The van der Waals surface area contributed by atoms with Crippen LogP contribution in [0, 0.1) is 0 Å². The number of nitrogens with zero attached hydrogens (tertiary/aromatic N) is 3. The molecule has 0 aliphatic heterocycles. The zero-order valence-electron chi connectivity index (χ0n) is 17.6. The molecule has 30 heavy (non-hydrogen) atoms. The molecule has 1 saturated carbocycles. The molecule has 4 rings (SSSR count). The molecule has 0 spiro atoms. The van der Waals surface area contributed by atoms with Crippen LogP contribution in [0.3, 0.4) is 0 Å². The molecular formula is C24H28ClN3O2. The normalized spacial score (nSPS) is 14.4. The van der Waals surface area contributed by atoms with Crippen LogP contribution in [0.1, 0.15) is 61.3 Å². The van der Waals surface area contributed by atoms with E-state index in [2.05, 4.69) is 11.5 Å². The number of ether oxygens (including phenoxy) is 1. The highest BCUT2D eigenvalue weighted by molar-refractivity contribution is 6.31. The van der Waals surface area contributed by atoms with Crippen LogP contribution < -0.4 is 4.74 Å². The zero-order valence-corrected chi connectivity index (χ0v) is 18.4. The van der Waals surface area contributed by atoms with Crippen molar-refractivity contribution in [2.75, 3.05) is 13.7 Å². The van der Waals surface area contributed by atoms with Gasteiger partial charge < -0.3 is 14.2 Å². The molecule has 158 valence electrons. The second-order valence-corrected chi connectivity index (χ2v) is 8.36. The molecule has 0 unspecified atom stereocenters. The van der Waals surface area contributed by atoms with Gasteiger partial charge in [0.15, 0.2) is 0 Å². The smallest absolute Gasteiger partial charge is 0.254 e. The summed E-state index contributed by atoms with van der Waals surface area (Å²) >= 11 is 6.30. The van der Waals surface area contributed by atoms with E-state index in [9.17, 15) is 4.79 Å². The van der Waals surface area contributed by atoms with Gasteiger partial charge >= 0.3 is 0 Å². The number of amides is 1. The van der Waals surface area contributed by atoms with Crippen LogP contribution in [0.2, 0.25) is 5.02 Å². The van der Waals surface area contributed by atoms with Gasteiger partial charge in [0.25, 0.3) is 5.91 Å². The summed E-state index contributed by atoms with van der Waals surface area (Å²) in [5.41, 5.74) is 2.63. The van der Waals surface area contributed by atoms with Gasteiger partial charge in [0, 0.05) is 23.2 Å². The van der Waals surface area contributed by atoms with Crippen molar-refractivity contribution >= 4 is 28.5 Å². The van der Waals surface area contributed by atoms with E-state index in [4.69, 9.17) is 21.3 Å². The Balaban J connectivity index is 1.71. The predicted molar refractivity (Wildman–Crippen MR) is 120 cm³/mol. The van der Waals surface area contributed by atoms with E-state index in [1.165, 1.54) is 12.8 Å². The van der Waals surface area contributed by atoms with Crippen LogP contribution in [0.4, 0.5) is 0 Å². The fourth-order valence-electron chi connectivity index (χ4n) is 4.43. The topological polar surface area (TPSA) is 47.4 Å². The van der Waals surface area contributed by atoms with E-state index < -0.39 is 0 Å². The average Bonchev–Trinajstić information content (AvgIpc) is 3.40. The monoisotopic (exact) mass is 425 g/mol. The third kappa shape index (κ3) is 4.17. The molecule has 0 bridgehead atoms. The maximum Gasteiger partial charge on any atom is 0.254 e. The number of benzene rings is 2. The molecule has 1 aromatic heterocycles. The summed E-state index contributed by atoms with van der Waals surface area (Å²) in [5.74, 6) is 1.62. The Morgan fingerprint density at radius 3 is 2.77 bits per heavy atom. The van der Waals surface area contributed by atoms with Crippen molar-refractivity contribution in [2.45, 2.75) is 51.6 Å². The Labute approximate surface area is 182 Å². The molecule has 1 fully saturated rings. The maximum absolute atomic E-state index is 13.3. The fourth-order valence-corrected chi connectivity index (χ4v) is 4.60. The largest absolute Gasteiger partial charge is 0.497 e. The average molecular weight is 426 g/mol. The third-order valence-corrected chi connectivity index (χ3v) is 6.08. The summed E-state index contributed by atoms with van der Waals surface area (Å²) in [6.45, 7) is 3.24. The summed E-state index contributed by atoms with van der Waals surface area (Å²) in [6, 6.07) is 13.6. The molecule has 1 amide bonds. The van der Waals surface area contributed by atoms with Crippen molar-refractivity contribution in [1.82, 2.24) is 14.5 Å². The van der Waals surface area contributed by atoms with Gasteiger partial charge in [-0.15, -0.1) is 0 Å². The number of hydrogen-bond donors (Lipinski definition) is 0. The van der Waals surface area contributed by atoms with Crippen LogP contribution in [0.15, 0.2) is 42.5 Å². The standard InChI is InChI=1S/C24H28ClN3O2/c1-3-13-27(24(29)17-7-6-10-20(14-17)30-2)16-23-26-21-12-11-18(25)15-22(21)28(23)19-8-4-5-9-19/h6-7,10-12,14-15,19H,3-5,8-9,13,16H2,1-2H3. The highest BCUT2D eigenvalue weighted by Gasteiger charge is 2.25. The Kier molecular flexibility index (Phi) is 6.28. The first-order valence-electron chi connectivity index (χ1n) is 10.7. The summed E-state index contributed by atoms with van der Waals surface area (Å²) < 4.78 is 7.63. The van der Waals surface area contributed by atoms with Gasteiger partial charge in [-0.1, -0.05) is 37.4 Å². The van der Waals surface area contributed by atoms with Crippen LogP contribution in [-0.4, -0.2) is 34.0 Å². The van der Waals surface area contributed by atoms with Gasteiger partial charge in [0.05, 0.1) is 24.7 Å². The lowest BCUT2D eigenvalue weighted by molar-refractivity contribution is 0.0736. The second-order valence-electron chi connectivity index (χ2n) is 7.93. The molecule has 6 heteroatoms. The molecule has 3 aromatic rings. The minimum atomic E-state index is -0.00110. The van der Waals surface area contributed by atoms with Crippen molar-refractivity contribution in [2.24, 2.45) is 0 Å². The van der Waals surface area contributed by atoms with Crippen molar-refractivity contribution in [1.29, 1.82) is 0 Å². The summed E-state index contributed by atoms with van der Waals surface area (Å²) in [5, 5.41) is 0.714. The highest BCUT2D eigenvalue weighted by Crippen LogP contribution is 2.35. The summed E-state index contributed by atoms with van der Waals surface area (Å²) in [7, 11) is 1.61. The first-order chi connectivity index (χ1) is 14.6. The van der Waals surface area contributed by atoms with E-state index >= 15 is 0 Å². The number of rotatable bonds is 7. The molecule has 1 heterocycles. The number of hydrogen-bond acceptors (Lipinski definition) is 3. The number of methoxy groups -OCH3 is 1. The molecule has 0 N–H and O–H groups in total. The van der Waals surface area contributed by atoms with E-state index in [1.54, 1.807) is 13.2 Å². The van der Waals surface area contributed by atoms with Gasteiger partial charge in [-0.05, 0) is 55.7 Å². The van der Waals surface area contributed by atoms with Crippen LogP contribution >= 0.6 is 11.6 Å². The second kappa shape index (κ2) is 9.09. The molecule has 0 atom stereocenters. The first kappa shape index (κ1) is 20.7. The van der Waals surface area contributed by atoms with E-state index in [-0.39, 0.29) is 5.91 Å². The molecule has 1 aliphatic rings. The number of imidazole rings is 1. The predicted octanol–water partition coefficient (Wildman–Crippen LogP) is 5.87. The highest BCUT2D eigenvalue weighted by atomic mass is 35.5. The minimum Gasteiger partial charge on any atom is -0.497 e. The fraction of sp³-hybridized carbons (Fsp3) is 0.417. The Bertz CT molecular complexity index is 1040. The Hall–Kier alpha value is -2.53. The first-order valence-corrected chi connectivity index (χ1v) is 11.1. The number of fused-ring (bicyclic) bond motifs is 1. The lowest BCUT2D eigenvalue weighted by Gasteiger charge is -2.24. The lowest BCUT2D eigenvalue weighted by Crippen LogP contribution is -2.32. The summed E-state index contributed by atoms with van der Waals surface area (Å²) in [6.07, 6.45) is 5.62. The van der Waals surface area contributed by atoms with E-state index in [1.807, 2.05) is 41.3 Å². The number of halogens is 1. The van der Waals surface area contributed by atoms with Gasteiger partial charge in [-0.25, -0.2) is 4.98 Å². The molecule has 0 radical (unpaired) electrons. The number of carbonyl (C=O) groups is 1. The molecular weight excluding hydrogens is 398 g/mol. The maximum atomic E-state index is 13.3. The molecule has 2 aromatic carbocycles. The van der Waals surface area contributed by atoms with Crippen molar-refractivity contribution in [3.8, 4) is 5.75 Å². The van der Waals surface area contributed by atoms with Gasteiger partial charge in [0.1, 0.15) is 11.6 Å². The quantitative estimate of drug-likeness (QED) is 0.475. The van der Waals surface area contributed by atoms with Crippen molar-refractivity contribution < 1.29 is 9.53 Å². The molecule has 5 nitrogen and oxygen atoms in total. The van der Waals surface area contributed by atoms with Crippen LogP contribution in [-0.2, 0) is 6.54 Å². The van der Waals surface area contributed by atoms with Crippen LogP contribution in [0.5, 0.6) is 5.75 Å². The van der Waals surface area contributed by atoms with Crippen LogP contribution in [0.25, 0.3) is 11.0 Å². The SMILES string of the molecule is CCCN(Cc1nc2ccc(Cl)cc2n1C1CCCC1)C(=O)c1cccc(OC)c1. The van der Waals surface area contributed by atoms with Gasteiger partial charge in [-0.2, -0.15) is 0 Å². The van der Waals surface area contributed by atoms with Crippen molar-refractivity contribution in [3.05, 3.63) is 58.9 Å². The van der Waals surface area contributed by atoms with Crippen molar-refractivity contribution in [3.63, 3.8) is 0 Å². The molecule has 1 aliphatic carbocycles. The van der Waals surface area contributed by atoms with E-state index in [0.717, 1.165) is 36.1 Å².